The number of fused-ring (bicyclic) bond motifs is 1. The molecule has 2 heterocycles. The summed E-state index contributed by atoms with van der Waals surface area (Å²) in [6, 6.07) is 6.33. The van der Waals surface area contributed by atoms with Crippen LogP contribution in [0.2, 0.25) is 0 Å². The molecule has 0 saturated carbocycles. The Morgan fingerprint density at radius 1 is 1.24 bits per heavy atom. The van der Waals surface area contributed by atoms with Crippen LogP contribution in [0.25, 0.3) is 5.69 Å². The molecular weight excluding hydrogens is 212 g/mol. The van der Waals surface area contributed by atoms with Crippen molar-refractivity contribution in [1.82, 2.24) is 9.78 Å². The molecule has 88 valence electrons. The van der Waals surface area contributed by atoms with Gasteiger partial charge in [-0.1, -0.05) is 18.2 Å². The van der Waals surface area contributed by atoms with Crippen molar-refractivity contribution in [1.29, 1.82) is 0 Å². The van der Waals surface area contributed by atoms with E-state index in [9.17, 15) is 0 Å². The summed E-state index contributed by atoms with van der Waals surface area (Å²) in [6.07, 6.45) is 2.95. The third-order valence-electron chi connectivity index (χ3n) is 3.36. The highest BCUT2D eigenvalue weighted by Gasteiger charge is 2.18. The maximum atomic E-state index is 5.54. The maximum Gasteiger partial charge on any atom is 0.0892 e. The van der Waals surface area contributed by atoms with Gasteiger partial charge in [0.1, 0.15) is 0 Å². The SMILES string of the molecule is Cc1cccc(C)c1-n1ncc2c1COCC2. The molecule has 0 fully saturated rings. The van der Waals surface area contributed by atoms with Crippen molar-refractivity contribution in [2.24, 2.45) is 0 Å². The highest BCUT2D eigenvalue weighted by atomic mass is 16.5. The molecule has 3 nitrogen and oxygen atoms in total. The number of aromatic nitrogens is 2. The molecule has 17 heavy (non-hydrogen) atoms. The van der Waals surface area contributed by atoms with Gasteiger partial charge in [-0.25, -0.2) is 4.68 Å². The molecule has 0 amide bonds. The van der Waals surface area contributed by atoms with Crippen LogP contribution in [0, 0.1) is 13.8 Å². The molecule has 0 atom stereocenters. The van der Waals surface area contributed by atoms with Gasteiger partial charge in [-0.15, -0.1) is 0 Å². The molecule has 0 spiro atoms. The first-order chi connectivity index (χ1) is 8.27. The first-order valence-corrected chi connectivity index (χ1v) is 5.97. The van der Waals surface area contributed by atoms with Crippen molar-refractivity contribution >= 4 is 0 Å². The van der Waals surface area contributed by atoms with Gasteiger partial charge in [0.05, 0.1) is 30.8 Å². The van der Waals surface area contributed by atoms with E-state index >= 15 is 0 Å². The zero-order valence-electron chi connectivity index (χ0n) is 10.2. The first-order valence-electron chi connectivity index (χ1n) is 5.97. The van der Waals surface area contributed by atoms with E-state index in [0.29, 0.717) is 6.61 Å². The van der Waals surface area contributed by atoms with Crippen molar-refractivity contribution in [3.8, 4) is 5.69 Å². The van der Waals surface area contributed by atoms with Crippen molar-refractivity contribution in [2.75, 3.05) is 6.61 Å². The highest BCUT2D eigenvalue weighted by Crippen LogP contribution is 2.24. The molecule has 0 bridgehead atoms. The fourth-order valence-corrected chi connectivity index (χ4v) is 2.45. The smallest absolute Gasteiger partial charge is 0.0892 e. The van der Waals surface area contributed by atoms with Crippen molar-refractivity contribution in [3.05, 3.63) is 46.8 Å². The molecule has 1 aliphatic rings. The Hall–Kier alpha value is -1.61. The third kappa shape index (κ3) is 1.67. The number of hydrogen-bond donors (Lipinski definition) is 0. The summed E-state index contributed by atoms with van der Waals surface area (Å²) in [7, 11) is 0. The topological polar surface area (TPSA) is 27.1 Å². The van der Waals surface area contributed by atoms with Gasteiger partial charge >= 0.3 is 0 Å². The Morgan fingerprint density at radius 2 is 2.00 bits per heavy atom. The van der Waals surface area contributed by atoms with Gasteiger partial charge in [0.2, 0.25) is 0 Å². The Labute approximate surface area is 101 Å². The fourth-order valence-electron chi connectivity index (χ4n) is 2.45. The second-order valence-electron chi connectivity index (χ2n) is 4.57. The largest absolute Gasteiger partial charge is 0.375 e. The Morgan fingerprint density at radius 3 is 2.76 bits per heavy atom. The lowest BCUT2D eigenvalue weighted by Crippen LogP contribution is -2.13. The van der Waals surface area contributed by atoms with Gasteiger partial charge < -0.3 is 4.74 Å². The first kappa shape index (κ1) is 10.5. The minimum Gasteiger partial charge on any atom is -0.375 e. The van der Waals surface area contributed by atoms with Crippen molar-refractivity contribution in [3.63, 3.8) is 0 Å². The van der Waals surface area contributed by atoms with Crippen LogP contribution in [-0.2, 0) is 17.8 Å². The number of ether oxygens (including phenoxy) is 1. The minimum absolute atomic E-state index is 0.670. The quantitative estimate of drug-likeness (QED) is 0.750. The summed E-state index contributed by atoms with van der Waals surface area (Å²) in [5.74, 6) is 0. The van der Waals surface area contributed by atoms with E-state index in [0.717, 1.165) is 13.0 Å². The van der Waals surface area contributed by atoms with E-state index in [-0.39, 0.29) is 0 Å². The molecule has 0 saturated heterocycles. The summed E-state index contributed by atoms with van der Waals surface area (Å²) in [6.45, 7) is 5.73. The van der Waals surface area contributed by atoms with Gasteiger partial charge in [0.25, 0.3) is 0 Å². The lowest BCUT2D eigenvalue weighted by Gasteiger charge is -2.17. The molecule has 3 heteroatoms. The van der Waals surface area contributed by atoms with Gasteiger partial charge in [-0.3, -0.25) is 0 Å². The predicted octanol–water partition coefficient (Wildman–Crippen LogP) is 2.56. The normalized spacial score (nSPS) is 14.7. The van der Waals surface area contributed by atoms with E-state index < -0.39 is 0 Å². The average Bonchev–Trinajstić information content (AvgIpc) is 2.73. The van der Waals surface area contributed by atoms with Crippen LogP contribution in [0.4, 0.5) is 0 Å². The van der Waals surface area contributed by atoms with Crippen LogP contribution in [0.5, 0.6) is 0 Å². The monoisotopic (exact) mass is 228 g/mol. The Balaban J connectivity index is 2.19. The second-order valence-corrected chi connectivity index (χ2v) is 4.57. The third-order valence-corrected chi connectivity index (χ3v) is 3.36. The van der Waals surface area contributed by atoms with E-state index in [2.05, 4.69) is 37.1 Å². The molecule has 1 aromatic carbocycles. The minimum atomic E-state index is 0.670. The summed E-state index contributed by atoms with van der Waals surface area (Å²) in [5, 5.41) is 4.53. The second kappa shape index (κ2) is 4.00. The van der Waals surface area contributed by atoms with E-state index in [1.165, 1.54) is 28.1 Å². The molecule has 1 aromatic heterocycles. The summed E-state index contributed by atoms with van der Waals surface area (Å²) in [4.78, 5) is 0. The predicted molar refractivity (Wildman–Crippen MR) is 66.4 cm³/mol. The van der Waals surface area contributed by atoms with Crippen molar-refractivity contribution in [2.45, 2.75) is 26.9 Å². The van der Waals surface area contributed by atoms with E-state index in [4.69, 9.17) is 4.74 Å². The summed E-state index contributed by atoms with van der Waals surface area (Å²) < 4.78 is 7.58. The number of aryl methyl sites for hydroxylation is 2. The van der Waals surface area contributed by atoms with Crippen LogP contribution < -0.4 is 0 Å². The Bertz CT molecular complexity index is 537. The highest BCUT2D eigenvalue weighted by molar-refractivity contribution is 5.48. The molecule has 0 radical (unpaired) electrons. The molecule has 3 rings (SSSR count). The van der Waals surface area contributed by atoms with Gasteiger partial charge in [-0.2, -0.15) is 5.10 Å². The van der Waals surface area contributed by atoms with Crippen LogP contribution in [-0.4, -0.2) is 16.4 Å². The van der Waals surface area contributed by atoms with E-state index in [1.807, 2.05) is 10.9 Å². The lowest BCUT2D eigenvalue weighted by atomic mass is 10.1. The summed E-state index contributed by atoms with van der Waals surface area (Å²) >= 11 is 0. The molecular formula is C14H16N2O. The van der Waals surface area contributed by atoms with E-state index in [1.54, 1.807) is 0 Å². The van der Waals surface area contributed by atoms with Crippen LogP contribution in [0.1, 0.15) is 22.4 Å². The zero-order chi connectivity index (χ0) is 11.8. The molecule has 0 N–H and O–H groups in total. The number of nitrogens with zero attached hydrogens (tertiary/aromatic N) is 2. The molecule has 0 unspecified atom stereocenters. The number of hydrogen-bond acceptors (Lipinski definition) is 2. The van der Waals surface area contributed by atoms with Crippen LogP contribution in [0.3, 0.4) is 0 Å². The maximum absolute atomic E-state index is 5.54. The van der Waals surface area contributed by atoms with Gasteiger partial charge in [0.15, 0.2) is 0 Å². The molecule has 1 aliphatic heterocycles. The van der Waals surface area contributed by atoms with Gasteiger partial charge in [0, 0.05) is 0 Å². The van der Waals surface area contributed by atoms with Crippen molar-refractivity contribution < 1.29 is 4.74 Å². The Kier molecular flexibility index (Phi) is 2.48. The number of rotatable bonds is 1. The van der Waals surface area contributed by atoms with Crippen LogP contribution >= 0.6 is 0 Å². The van der Waals surface area contributed by atoms with Crippen LogP contribution in [0.15, 0.2) is 24.4 Å². The summed E-state index contributed by atoms with van der Waals surface area (Å²) in [5.41, 5.74) is 6.22. The fraction of sp³-hybridized carbons (Fsp3) is 0.357. The number of para-hydroxylation sites is 1. The molecule has 0 aliphatic carbocycles. The zero-order valence-corrected chi connectivity index (χ0v) is 10.2. The average molecular weight is 228 g/mol. The van der Waals surface area contributed by atoms with Gasteiger partial charge in [-0.05, 0) is 37.0 Å². The lowest BCUT2D eigenvalue weighted by molar-refractivity contribution is 0.106. The standard InChI is InChI=1S/C14H16N2O/c1-10-4-3-5-11(2)14(10)16-13-9-17-7-6-12(13)8-15-16/h3-5,8H,6-7,9H2,1-2H3. The molecule has 2 aromatic rings. The number of benzene rings is 1.